The molecule has 1 aromatic rings. The van der Waals surface area contributed by atoms with Gasteiger partial charge in [0.2, 0.25) is 0 Å². The number of morpholine rings is 1. The first-order valence-corrected chi connectivity index (χ1v) is 7.62. The number of halogens is 2. The summed E-state index contributed by atoms with van der Waals surface area (Å²) in [5.41, 5.74) is 0.469. The number of benzene rings is 1. The van der Waals surface area contributed by atoms with Gasteiger partial charge in [-0.05, 0) is 31.5 Å². The van der Waals surface area contributed by atoms with Gasteiger partial charge in [-0.25, -0.2) is 0 Å². The number of aliphatic hydroxyl groups excluding tert-OH is 1. The maximum atomic E-state index is 10.6. The average molecular weight is 318 g/mol. The summed E-state index contributed by atoms with van der Waals surface area (Å²) >= 11 is 12.4. The molecule has 20 heavy (non-hydrogen) atoms. The SMILES string of the molecule is CC(C)(C(O)Cc1c(Cl)cccc1Cl)N1CCOCC1. The van der Waals surface area contributed by atoms with Crippen LogP contribution in [0.5, 0.6) is 0 Å². The lowest BCUT2D eigenvalue weighted by Crippen LogP contribution is -2.56. The highest BCUT2D eigenvalue weighted by atomic mass is 35.5. The number of ether oxygens (including phenoxy) is 1. The van der Waals surface area contributed by atoms with Crippen molar-refractivity contribution in [2.75, 3.05) is 26.3 Å². The van der Waals surface area contributed by atoms with Crippen LogP contribution in [0.4, 0.5) is 0 Å². The predicted octanol–water partition coefficient (Wildman–Crippen LogP) is 3.01. The van der Waals surface area contributed by atoms with E-state index in [9.17, 15) is 5.11 Å². The Morgan fingerprint density at radius 1 is 1.25 bits per heavy atom. The summed E-state index contributed by atoms with van der Waals surface area (Å²) in [7, 11) is 0. The normalized spacial score (nSPS) is 19.1. The van der Waals surface area contributed by atoms with Crippen molar-refractivity contribution >= 4 is 23.2 Å². The van der Waals surface area contributed by atoms with Crippen LogP contribution >= 0.6 is 23.2 Å². The van der Waals surface area contributed by atoms with Crippen molar-refractivity contribution in [2.24, 2.45) is 0 Å². The van der Waals surface area contributed by atoms with E-state index in [1.165, 1.54) is 0 Å². The molecule has 1 N–H and O–H groups in total. The van der Waals surface area contributed by atoms with E-state index < -0.39 is 6.10 Å². The lowest BCUT2D eigenvalue weighted by Gasteiger charge is -2.44. The van der Waals surface area contributed by atoms with Crippen molar-refractivity contribution in [1.29, 1.82) is 0 Å². The van der Waals surface area contributed by atoms with Crippen LogP contribution in [-0.2, 0) is 11.2 Å². The molecular weight excluding hydrogens is 297 g/mol. The summed E-state index contributed by atoms with van der Waals surface area (Å²) in [5, 5.41) is 11.8. The van der Waals surface area contributed by atoms with Crippen molar-refractivity contribution in [1.82, 2.24) is 4.90 Å². The molecule has 0 spiro atoms. The first-order valence-electron chi connectivity index (χ1n) is 6.86. The Labute approximate surface area is 130 Å². The van der Waals surface area contributed by atoms with Crippen LogP contribution in [0.1, 0.15) is 19.4 Å². The van der Waals surface area contributed by atoms with Gasteiger partial charge < -0.3 is 9.84 Å². The van der Waals surface area contributed by atoms with E-state index in [0.717, 1.165) is 18.7 Å². The lowest BCUT2D eigenvalue weighted by atomic mass is 9.89. The smallest absolute Gasteiger partial charge is 0.0759 e. The number of hydrogen-bond donors (Lipinski definition) is 1. The summed E-state index contributed by atoms with van der Waals surface area (Å²) in [6.45, 7) is 7.19. The minimum absolute atomic E-state index is 0.341. The van der Waals surface area contributed by atoms with Gasteiger partial charge in [-0.1, -0.05) is 29.3 Å². The molecule has 1 aliphatic rings. The van der Waals surface area contributed by atoms with Gasteiger partial charge >= 0.3 is 0 Å². The van der Waals surface area contributed by atoms with Crippen LogP contribution in [0.25, 0.3) is 0 Å². The minimum Gasteiger partial charge on any atom is -0.391 e. The second-order valence-corrected chi connectivity index (χ2v) is 6.49. The lowest BCUT2D eigenvalue weighted by molar-refractivity contribution is -0.0611. The van der Waals surface area contributed by atoms with E-state index in [0.29, 0.717) is 29.7 Å². The van der Waals surface area contributed by atoms with Gasteiger partial charge in [0, 0.05) is 35.1 Å². The quantitative estimate of drug-likeness (QED) is 0.926. The third kappa shape index (κ3) is 3.46. The van der Waals surface area contributed by atoms with Gasteiger partial charge in [0.15, 0.2) is 0 Å². The zero-order chi connectivity index (χ0) is 14.8. The summed E-state index contributed by atoms with van der Waals surface area (Å²) in [4.78, 5) is 2.26. The van der Waals surface area contributed by atoms with Crippen LogP contribution in [0.3, 0.4) is 0 Å². The minimum atomic E-state index is -0.544. The van der Waals surface area contributed by atoms with E-state index in [1.54, 1.807) is 12.1 Å². The van der Waals surface area contributed by atoms with E-state index in [1.807, 2.05) is 19.9 Å². The highest BCUT2D eigenvalue weighted by Gasteiger charge is 2.35. The molecule has 1 atom stereocenters. The standard InChI is InChI=1S/C15H21Cl2NO2/c1-15(2,18-6-8-20-9-7-18)14(19)10-11-12(16)4-3-5-13(11)17/h3-5,14,19H,6-10H2,1-2H3. The maximum Gasteiger partial charge on any atom is 0.0759 e. The highest BCUT2D eigenvalue weighted by Crippen LogP contribution is 2.29. The summed E-state index contributed by atoms with van der Waals surface area (Å²) in [6, 6.07) is 5.42. The number of aliphatic hydroxyl groups is 1. The Morgan fingerprint density at radius 3 is 2.35 bits per heavy atom. The van der Waals surface area contributed by atoms with Crippen molar-refractivity contribution < 1.29 is 9.84 Å². The monoisotopic (exact) mass is 317 g/mol. The number of hydrogen-bond acceptors (Lipinski definition) is 3. The first kappa shape index (κ1) is 16.1. The van der Waals surface area contributed by atoms with Crippen LogP contribution in [0.15, 0.2) is 18.2 Å². The molecule has 0 radical (unpaired) electrons. The van der Waals surface area contributed by atoms with Crippen LogP contribution in [0.2, 0.25) is 10.0 Å². The van der Waals surface area contributed by atoms with Gasteiger partial charge in [-0.15, -0.1) is 0 Å². The molecule has 1 unspecified atom stereocenters. The molecule has 1 aliphatic heterocycles. The highest BCUT2D eigenvalue weighted by molar-refractivity contribution is 6.36. The Hall–Kier alpha value is -0.320. The Morgan fingerprint density at radius 2 is 1.80 bits per heavy atom. The zero-order valence-electron chi connectivity index (χ0n) is 11.9. The molecule has 1 heterocycles. The van der Waals surface area contributed by atoms with Crippen molar-refractivity contribution in [3.8, 4) is 0 Å². The number of rotatable bonds is 4. The van der Waals surface area contributed by atoms with Gasteiger partial charge in [-0.2, -0.15) is 0 Å². The Balaban J connectivity index is 2.12. The fourth-order valence-electron chi connectivity index (χ4n) is 2.52. The maximum absolute atomic E-state index is 10.6. The van der Waals surface area contributed by atoms with Crippen LogP contribution in [0, 0.1) is 0 Å². The molecule has 0 aromatic heterocycles. The van der Waals surface area contributed by atoms with Crippen LogP contribution < -0.4 is 0 Å². The second-order valence-electron chi connectivity index (χ2n) is 5.67. The second kappa shape index (κ2) is 6.63. The fourth-order valence-corrected chi connectivity index (χ4v) is 3.07. The molecule has 0 aliphatic carbocycles. The molecule has 1 saturated heterocycles. The largest absolute Gasteiger partial charge is 0.391 e. The number of nitrogens with zero attached hydrogens (tertiary/aromatic N) is 1. The zero-order valence-corrected chi connectivity index (χ0v) is 13.4. The van der Waals surface area contributed by atoms with Crippen molar-refractivity contribution in [3.63, 3.8) is 0 Å². The molecule has 2 rings (SSSR count). The molecule has 3 nitrogen and oxygen atoms in total. The molecule has 1 fully saturated rings. The van der Waals surface area contributed by atoms with Crippen molar-refractivity contribution in [3.05, 3.63) is 33.8 Å². The molecular formula is C15H21Cl2NO2. The topological polar surface area (TPSA) is 32.7 Å². The van der Waals surface area contributed by atoms with Crippen molar-refractivity contribution in [2.45, 2.75) is 31.9 Å². The summed E-state index contributed by atoms with van der Waals surface area (Å²) in [6.07, 6.45) is -0.0962. The molecule has 112 valence electrons. The Bertz CT molecular complexity index is 439. The third-order valence-corrected chi connectivity index (χ3v) is 4.81. The third-order valence-electron chi connectivity index (χ3n) is 4.10. The molecule has 0 amide bonds. The van der Waals surface area contributed by atoms with E-state index in [-0.39, 0.29) is 5.54 Å². The average Bonchev–Trinajstić information content (AvgIpc) is 2.43. The fraction of sp³-hybridized carbons (Fsp3) is 0.600. The van der Waals surface area contributed by atoms with Gasteiger partial charge in [-0.3, -0.25) is 4.90 Å². The molecule has 5 heteroatoms. The van der Waals surface area contributed by atoms with E-state index >= 15 is 0 Å². The summed E-state index contributed by atoms with van der Waals surface area (Å²) in [5.74, 6) is 0. The molecule has 0 saturated carbocycles. The van der Waals surface area contributed by atoms with Gasteiger partial charge in [0.05, 0.1) is 19.3 Å². The molecule has 1 aromatic carbocycles. The molecule has 0 bridgehead atoms. The Kier molecular flexibility index (Phi) is 5.32. The first-order chi connectivity index (χ1) is 9.43. The van der Waals surface area contributed by atoms with Crippen LogP contribution in [-0.4, -0.2) is 48.0 Å². The van der Waals surface area contributed by atoms with E-state index in [2.05, 4.69) is 4.90 Å². The predicted molar refractivity (Wildman–Crippen MR) is 82.6 cm³/mol. The van der Waals surface area contributed by atoms with Gasteiger partial charge in [0.1, 0.15) is 0 Å². The van der Waals surface area contributed by atoms with Gasteiger partial charge in [0.25, 0.3) is 0 Å². The summed E-state index contributed by atoms with van der Waals surface area (Å²) < 4.78 is 5.37. The van der Waals surface area contributed by atoms with E-state index in [4.69, 9.17) is 27.9 Å².